The van der Waals surface area contributed by atoms with Crippen molar-refractivity contribution >= 4 is 23.2 Å². The average molecular weight is 495 g/mol. The molecular weight excluding hydrogens is 463 g/mol. The van der Waals surface area contributed by atoms with Gasteiger partial charge in [0.25, 0.3) is 11.8 Å². The summed E-state index contributed by atoms with van der Waals surface area (Å²) in [5.74, 6) is 0.461. The van der Waals surface area contributed by atoms with Crippen LogP contribution in [-0.2, 0) is 11.2 Å². The lowest BCUT2D eigenvalue weighted by molar-refractivity contribution is -0.139. The highest BCUT2D eigenvalue weighted by Crippen LogP contribution is 2.29. The van der Waals surface area contributed by atoms with E-state index in [-0.39, 0.29) is 29.6 Å². The molecule has 1 fully saturated rings. The number of hydrogen-bond donors (Lipinski definition) is 0. The number of thiophene rings is 1. The third kappa shape index (κ3) is 6.09. The van der Waals surface area contributed by atoms with E-state index < -0.39 is 6.10 Å². The first-order valence-corrected chi connectivity index (χ1v) is 12.9. The van der Waals surface area contributed by atoms with Crippen molar-refractivity contribution in [2.24, 2.45) is 5.92 Å². The second-order valence-electron chi connectivity index (χ2n) is 9.03. The molecular formula is C28H31FN2O3S. The quantitative estimate of drug-likeness (QED) is 0.428. The van der Waals surface area contributed by atoms with E-state index in [2.05, 4.69) is 0 Å². The zero-order valence-corrected chi connectivity index (χ0v) is 20.9. The minimum atomic E-state index is -0.578. The van der Waals surface area contributed by atoms with Crippen molar-refractivity contribution in [2.75, 3.05) is 20.1 Å². The summed E-state index contributed by atoms with van der Waals surface area (Å²) in [6, 6.07) is 17.7. The van der Waals surface area contributed by atoms with Gasteiger partial charge in [-0.2, -0.15) is 11.3 Å². The molecule has 2 heterocycles. The van der Waals surface area contributed by atoms with Crippen LogP contribution >= 0.6 is 11.3 Å². The van der Waals surface area contributed by atoms with Gasteiger partial charge < -0.3 is 14.5 Å². The van der Waals surface area contributed by atoms with Crippen molar-refractivity contribution in [3.8, 4) is 5.75 Å². The Bertz CT molecular complexity index is 1110. The number of carbonyl (C=O) groups is 2. The van der Waals surface area contributed by atoms with E-state index in [4.69, 9.17) is 4.74 Å². The van der Waals surface area contributed by atoms with Crippen molar-refractivity contribution in [1.82, 2.24) is 9.80 Å². The van der Waals surface area contributed by atoms with Crippen LogP contribution in [0, 0.1) is 11.7 Å². The Morgan fingerprint density at radius 2 is 1.77 bits per heavy atom. The van der Waals surface area contributed by atoms with Crippen LogP contribution in [0.25, 0.3) is 0 Å². The molecule has 1 aromatic heterocycles. The summed E-state index contributed by atoms with van der Waals surface area (Å²) in [7, 11) is 1.80. The lowest BCUT2D eigenvalue weighted by Crippen LogP contribution is -2.50. The van der Waals surface area contributed by atoms with Gasteiger partial charge >= 0.3 is 0 Å². The standard InChI is InChI=1S/C28H31FN2O3S/c1-20(34-24-9-4-3-5-10-24)27(32)31-15-12-21(13-16-31)26(18-22-8-6-7-11-25(22)29)30(2)28(33)23-14-17-35-19-23/h3-11,14,17,19-21,26H,12-13,15-16,18H2,1-2H3. The number of likely N-dealkylation sites (N-methyl/N-ethyl adjacent to an activating group) is 1. The number of hydrogen-bond acceptors (Lipinski definition) is 4. The molecule has 4 rings (SSSR count). The Hall–Kier alpha value is -3.19. The molecule has 1 aliphatic rings. The van der Waals surface area contributed by atoms with Crippen molar-refractivity contribution in [2.45, 2.75) is 38.3 Å². The summed E-state index contributed by atoms with van der Waals surface area (Å²) in [5.41, 5.74) is 1.25. The molecule has 1 aliphatic heterocycles. The number of para-hydroxylation sites is 1. The van der Waals surface area contributed by atoms with Crippen LogP contribution in [0.4, 0.5) is 4.39 Å². The van der Waals surface area contributed by atoms with Crippen LogP contribution in [0.3, 0.4) is 0 Å². The fourth-order valence-corrected chi connectivity index (χ4v) is 5.39. The third-order valence-electron chi connectivity index (χ3n) is 6.77. The largest absolute Gasteiger partial charge is 0.481 e. The van der Waals surface area contributed by atoms with E-state index in [0.29, 0.717) is 36.4 Å². The van der Waals surface area contributed by atoms with E-state index in [0.717, 1.165) is 12.8 Å². The van der Waals surface area contributed by atoms with Crippen molar-refractivity contribution in [3.05, 3.63) is 88.4 Å². The smallest absolute Gasteiger partial charge is 0.263 e. The zero-order chi connectivity index (χ0) is 24.8. The number of carbonyl (C=O) groups excluding carboxylic acids is 2. The molecule has 2 unspecified atom stereocenters. The van der Waals surface area contributed by atoms with E-state index in [1.807, 2.05) is 58.1 Å². The summed E-state index contributed by atoms with van der Waals surface area (Å²) in [4.78, 5) is 29.8. The average Bonchev–Trinajstić information content (AvgIpc) is 3.43. The maximum atomic E-state index is 14.5. The summed E-state index contributed by atoms with van der Waals surface area (Å²) >= 11 is 1.48. The predicted molar refractivity (Wildman–Crippen MR) is 136 cm³/mol. The molecule has 0 aliphatic carbocycles. The highest BCUT2D eigenvalue weighted by atomic mass is 32.1. The molecule has 2 atom stereocenters. The Morgan fingerprint density at radius 3 is 2.43 bits per heavy atom. The monoisotopic (exact) mass is 494 g/mol. The Labute approximate surface area is 210 Å². The Balaban J connectivity index is 1.44. The summed E-state index contributed by atoms with van der Waals surface area (Å²) in [5, 5.41) is 3.73. The number of halogens is 1. The maximum Gasteiger partial charge on any atom is 0.263 e. The van der Waals surface area contributed by atoms with Gasteiger partial charge in [0.15, 0.2) is 6.10 Å². The topological polar surface area (TPSA) is 49.9 Å². The van der Waals surface area contributed by atoms with E-state index >= 15 is 0 Å². The van der Waals surface area contributed by atoms with Gasteiger partial charge in [0, 0.05) is 31.6 Å². The maximum absolute atomic E-state index is 14.5. The van der Waals surface area contributed by atoms with Gasteiger partial charge in [-0.1, -0.05) is 36.4 Å². The van der Waals surface area contributed by atoms with Crippen LogP contribution in [0.1, 0.15) is 35.7 Å². The van der Waals surface area contributed by atoms with Gasteiger partial charge in [-0.3, -0.25) is 9.59 Å². The van der Waals surface area contributed by atoms with Gasteiger partial charge in [-0.15, -0.1) is 0 Å². The van der Waals surface area contributed by atoms with Crippen molar-refractivity contribution in [3.63, 3.8) is 0 Å². The molecule has 0 spiro atoms. The summed E-state index contributed by atoms with van der Waals surface area (Å²) < 4.78 is 20.3. The number of benzene rings is 2. The third-order valence-corrected chi connectivity index (χ3v) is 7.46. The SMILES string of the molecule is CC(Oc1ccccc1)C(=O)N1CCC(C(Cc2ccccc2F)N(C)C(=O)c2ccsc2)CC1. The molecule has 184 valence electrons. The van der Waals surface area contributed by atoms with E-state index in [1.165, 1.54) is 17.4 Å². The number of likely N-dealkylation sites (tertiary alicyclic amines) is 1. The predicted octanol–water partition coefficient (Wildman–Crippen LogP) is 5.28. The van der Waals surface area contributed by atoms with Gasteiger partial charge in [-0.25, -0.2) is 4.39 Å². The van der Waals surface area contributed by atoms with Crippen LogP contribution in [0.5, 0.6) is 5.75 Å². The number of nitrogens with zero attached hydrogens (tertiary/aromatic N) is 2. The van der Waals surface area contributed by atoms with Gasteiger partial charge in [0.1, 0.15) is 11.6 Å². The summed E-state index contributed by atoms with van der Waals surface area (Å²) in [6.45, 7) is 2.94. The number of amides is 2. The van der Waals surface area contributed by atoms with Crippen molar-refractivity contribution in [1.29, 1.82) is 0 Å². The molecule has 2 amide bonds. The first-order valence-electron chi connectivity index (χ1n) is 12.0. The zero-order valence-electron chi connectivity index (χ0n) is 20.1. The van der Waals surface area contributed by atoms with Gasteiger partial charge in [0.2, 0.25) is 0 Å². The highest BCUT2D eigenvalue weighted by molar-refractivity contribution is 7.08. The highest BCUT2D eigenvalue weighted by Gasteiger charge is 2.34. The molecule has 7 heteroatoms. The van der Waals surface area contributed by atoms with E-state index in [9.17, 15) is 14.0 Å². The lowest BCUT2D eigenvalue weighted by Gasteiger charge is -2.40. The second kappa shape index (κ2) is 11.5. The molecule has 2 aromatic carbocycles. The molecule has 1 saturated heterocycles. The molecule has 0 bridgehead atoms. The minimum Gasteiger partial charge on any atom is -0.481 e. The number of piperidine rings is 1. The van der Waals surface area contributed by atoms with Crippen LogP contribution in [0.2, 0.25) is 0 Å². The lowest BCUT2D eigenvalue weighted by atomic mass is 9.84. The molecule has 3 aromatic rings. The second-order valence-corrected chi connectivity index (χ2v) is 9.81. The van der Waals surface area contributed by atoms with Crippen LogP contribution in [0.15, 0.2) is 71.4 Å². The van der Waals surface area contributed by atoms with Gasteiger partial charge in [-0.05, 0) is 67.3 Å². The van der Waals surface area contributed by atoms with Crippen LogP contribution < -0.4 is 4.74 Å². The first kappa shape index (κ1) is 24.9. The normalized spacial score (nSPS) is 15.9. The molecule has 5 nitrogen and oxygen atoms in total. The molecule has 0 saturated carbocycles. The van der Waals surface area contributed by atoms with Crippen molar-refractivity contribution < 1.29 is 18.7 Å². The molecule has 0 radical (unpaired) electrons. The fourth-order valence-electron chi connectivity index (χ4n) is 4.76. The first-order chi connectivity index (χ1) is 16.9. The number of rotatable bonds is 8. The summed E-state index contributed by atoms with van der Waals surface area (Å²) in [6.07, 6.45) is 1.34. The van der Waals surface area contributed by atoms with E-state index in [1.54, 1.807) is 31.0 Å². The fraction of sp³-hybridized carbons (Fsp3) is 0.357. The van der Waals surface area contributed by atoms with Crippen LogP contribution in [-0.4, -0.2) is 53.9 Å². The number of ether oxygens (including phenoxy) is 1. The Kier molecular flexibility index (Phi) is 8.18. The minimum absolute atomic E-state index is 0.0411. The molecule has 35 heavy (non-hydrogen) atoms. The molecule has 0 N–H and O–H groups in total. The Morgan fingerprint density at radius 1 is 1.09 bits per heavy atom. The van der Waals surface area contributed by atoms with Gasteiger partial charge in [0.05, 0.1) is 5.56 Å².